The van der Waals surface area contributed by atoms with Crippen molar-refractivity contribution in [2.75, 3.05) is 7.05 Å². The van der Waals surface area contributed by atoms with E-state index in [4.69, 9.17) is 0 Å². The normalized spacial score (nSPS) is 13.0. The fourth-order valence-electron chi connectivity index (χ4n) is 1.20. The number of hydrogen-bond donors (Lipinski definition) is 2. The summed E-state index contributed by atoms with van der Waals surface area (Å²) in [5.74, 6) is 0. The summed E-state index contributed by atoms with van der Waals surface area (Å²) < 4.78 is 0. The Bertz CT molecular complexity index is 605. The molecule has 0 rings (SSSR count). The number of nitrogens with zero attached hydrogens (tertiary/aromatic N) is 2. The minimum Gasteiger partial charge on any atom is -0.341 e. The Kier molecular flexibility index (Phi) is 10.8. The van der Waals surface area contributed by atoms with Crippen molar-refractivity contribution >= 4 is 6.03 Å². The zero-order valence-corrected chi connectivity index (χ0v) is 13.3. The first-order chi connectivity index (χ1) is 11.1. The number of carbonyl (C=O) groups excluding carboxylic acids is 1. The van der Waals surface area contributed by atoms with Crippen LogP contribution in [0, 0.1) is 0 Å². The molecular weight excluding hydrogens is 288 g/mol. The van der Waals surface area contributed by atoms with Gasteiger partial charge in [0.25, 0.3) is 0 Å². The maximum atomic E-state index is 11.3. The van der Waals surface area contributed by atoms with Gasteiger partial charge in [0.2, 0.25) is 0 Å². The van der Waals surface area contributed by atoms with E-state index in [2.05, 4.69) is 47.2 Å². The van der Waals surface area contributed by atoms with Crippen LogP contribution in [0.1, 0.15) is 0 Å². The van der Waals surface area contributed by atoms with Gasteiger partial charge in [0, 0.05) is 12.7 Å². The lowest BCUT2D eigenvalue weighted by Gasteiger charge is -2.03. The van der Waals surface area contributed by atoms with E-state index in [1.807, 2.05) is 0 Å². The number of hydrogen-bond acceptors (Lipinski definition) is 3. The molecule has 2 N–H and O–H groups in total. The van der Waals surface area contributed by atoms with Crippen LogP contribution in [0.5, 0.6) is 0 Å². The van der Waals surface area contributed by atoms with E-state index in [1.165, 1.54) is 13.1 Å². The molecule has 2 amide bonds. The van der Waals surface area contributed by atoms with Gasteiger partial charge in [-0.2, -0.15) is 10.2 Å². The van der Waals surface area contributed by atoms with Gasteiger partial charge in [-0.3, -0.25) is 0 Å². The largest absolute Gasteiger partial charge is 0.341 e. The molecule has 0 unspecified atom stereocenters. The summed E-state index contributed by atoms with van der Waals surface area (Å²) in [4.78, 5) is 11.3. The summed E-state index contributed by atoms with van der Waals surface area (Å²) in [6, 6.07) is -0.336. The molecule has 0 fully saturated rings. The first kappa shape index (κ1) is 19.8. The molecule has 23 heavy (non-hydrogen) atoms. The average Bonchev–Trinajstić information content (AvgIpc) is 2.57. The minimum atomic E-state index is -0.336. The molecule has 120 valence electrons. The topological polar surface area (TPSA) is 65.8 Å². The molecule has 0 bridgehead atoms. The van der Waals surface area contributed by atoms with E-state index in [0.717, 1.165) is 0 Å². The van der Waals surface area contributed by atoms with E-state index < -0.39 is 0 Å². The third-order valence-electron chi connectivity index (χ3n) is 2.32. The summed E-state index contributed by atoms with van der Waals surface area (Å²) in [6.07, 6.45) is 14.8. The first-order valence-corrected chi connectivity index (χ1v) is 6.80. The number of carbonyl (C=O) groups is 1. The van der Waals surface area contributed by atoms with Crippen LogP contribution in [0.2, 0.25) is 0 Å². The van der Waals surface area contributed by atoms with E-state index in [-0.39, 0.29) is 6.03 Å². The Hall–Kier alpha value is -3.21. The van der Waals surface area contributed by atoms with Crippen LogP contribution in [-0.2, 0) is 0 Å². The number of urea groups is 1. The second kappa shape index (κ2) is 12.5. The third kappa shape index (κ3) is 9.36. The molecule has 0 radical (unpaired) electrons. The minimum absolute atomic E-state index is 0.336. The predicted molar refractivity (Wildman–Crippen MR) is 96.6 cm³/mol. The van der Waals surface area contributed by atoms with Crippen LogP contribution in [0.25, 0.3) is 0 Å². The lowest BCUT2D eigenvalue weighted by Crippen LogP contribution is -2.31. The van der Waals surface area contributed by atoms with E-state index in [1.54, 1.807) is 48.6 Å². The number of nitrogens with one attached hydrogen (secondary N) is 2. The van der Waals surface area contributed by atoms with Crippen molar-refractivity contribution in [1.29, 1.82) is 0 Å². The standard InChI is InChI=1S/C18H22N4O/c1-6-10-12-17(11-7-2)22-21-16(9-4)14-13-15(8-3)20-18(23)19-5/h6-14H,1-4H2,5H3,(H2,19,20,23)/b12-10-,15-13+,16-14+,17-11+,22-21?. The average molecular weight is 310 g/mol. The van der Waals surface area contributed by atoms with Gasteiger partial charge in [-0.05, 0) is 36.5 Å². The van der Waals surface area contributed by atoms with Crippen molar-refractivity contribution in [3.63, 3.8) is 0 Å². The third-order valence-corrected chi connectivity index (χ3v) is 2.32. The number of allylic oxidation sites excluding steroid dienone is 9. The zero-order valence-electron chi connectivity index (χ0n) is 13.3. The van der Waals surface area contributed by atoms with E-state index in [0.29, 0.717) is 17.1 Å². The molecule has 0 atom stereocenters. The highest BCUT2D eigenvalue weighted by molar-refractivity contribution is 5.76. The Labute approximate surface area is 137 Å². The zero-order chi connectivity index (χ0) is 17.5. The highest BCUT2D eigenvalue weighted by Crippen LogP contribution is 2.07. The van der Waals surface area contributed by atoms with Gasteiger partial charge in [-0.15, -0.1) is 0 Å². The molecule has 0 aromatic carbocycles. The Morgan fingerprint density at radius 2 is 1.61 bits per heavy atom. The van der Waals surface area contributed by atoms with Gasteiger partial charge in [-0.25, -0.2) is 4.79 Å². The van der Waals surface area contributed by atoms with Gasteiger partial charge >= 0.3 is 6.03 Å². The molecule has 0 aromatic rings. The van der Waals surface area contributed by atoms with Crippen molar-refractivity contribution in [1.82, 2.24) is 10.6 Å². The van der Waals surface area contributed by atoms with Crippen LogP contribution in [0.4, 0.5) is 4.79 Å². The van der Waals surface area contributed by atoms with Gasteiger partial charge in [0.15, 0.2) is 0 Å². The van der Waals surface area contributed by atoms with Crippen molar-refractivity contribution in [3.05, 3.63) is 98.1 Å². The van der Waals surface area contributed by atoms with Crippen molar-refractivity contribution in [2.24, 2.45) is 10.2 Å². The molecule has 0 heterocycles. The molecule has 0 aliphatic carbocycles. The number of azo groups is 1. The summed E-state index contributed by atoms with van der Waals surface area (Å²) in [7, 11) is 1.53. The fraction of sp³-hybridized carbons (Fsp3) is 0.0556. The van der Waals surface area contributed by atoms with Crippen molar-refractivity contribution in [3.8, 4) is 0 Å². The lowest BCUT2D eigenvalue weighted by atomic mass is 10.3. The number of rotatable bonds is 9. The summed E-state index contributed by atoms with van der Waals surface area (Å²) in [5.41, 5.74) is 1.65. The second-order valence-electron chi connectivity index (χ2n) is 3.95. The van der Waals surface area contributed by atoms with Crippen molar-refractivity contribution in [2.45, 2.75) is 0 Å². The monoisotopic (exact) mass is 310 g/mol. The smallest absolute Gasteiger partial charge is 0.318 e. The highest BCUT2D eigenvalue weighted by atomic mass is 16.2. The molecule has 0 saturated carbocycles. The molecule has 0 saturated heterocycles. The molecular formula is C18H22N4O. The summed E-state index contributed by atoms with van der Waals surface area (Å²) in [6.45, 7) is 14.5. The SMILES string of the molecule is C=C/C=C\C(=C/C=C)N=N/C(C=C)=C/C=C(\C=C)NC(=O)NC. The maximum absolute atomic E-state index is 11.3. The Balaban J connectivity index is 5.25. The van der Waals surface area contributed by atoms with Gasteiger partial charge in [-0.1, -0.05) is 44.5 Å². The van der Waals surface area contributed by atoms with Crippen LogP contribution < -0.4 is 10.6 Å². The fourth-order valence-corrected chi connectivity index (χ4v) is 1.20. The van der Waals surface area contributed by atoms with Crippen LogP contribution in [0.15, 0.2) is 108 Å². The van der Waals surface area contributed by atoms with Gasteiger partial charge in [0.1, 0.15) is 0 Å². The maximum Gasteiger partial charge on any atom is 0.318 e. The van der Waals surface area contributed by atoms with Crippen LogP contribution >= 0.6 is 0 Å². The lowest BCUT2D eigenvalue weighted by molar-refractivity contribution is 0.245. The molecule has 0 aliphatic rings. The van der Waals surface area contributed by atoms with Gasteiger partial charge in [0.05, 0.1) is 11.4 Å². The van der Waals surface area contributed by atoms with Crippen LogP contribution in [-0.4, -0.2) is 13.1 Å². The van der Waals surface area contributed by atoms with E-state index in [9.17, 15) is 4.79 Å². The summed E-state index contributed by atoms with van der Waals surface area (Å²) >= 11 is 0. The highest BCUT2D eigenvalue weighted by Gasteiger charge is 1.97. The van der Waals surface area contributed by atoms with E-state index >= 15 is 0 Å². The predicted octanol–water partition coefficient (Wildman–Crippen LogP) is 4.32. The van der Waals surface area contributed by atoms with Gasteiger partial charge < -0.3 is 10.6 Å². The second-order valence-corrected chi connectivity index (χ2v) is 3.95. The molecule has 5 heteroatoms. The summed E-state index contributed by atoms with van der Waals surface area (Å²) in [5, 5.41) is 13.2. The number of amides is 2. The first-order valence-electron chi connectivity index (χ1n) is 6.80. The molecule has 5 nitrogen and oxygen atoms in total. The molecule has 0 aliphatic heterocycles. The molecule has 0 spiro atoms. The Morgan fingerprint density at radius 3 is 2.13 bits per heavy atom. The molecule has 0 aromatic heterocycles. The van der Waals surface area contributed by atoms with Crippen molar-refractivity contribution < 1.29 is 4.79 Å². The quantitative estimate of drug-likeness (QED) is 0.483. The van der Waals surface area contributed by atoms with Crippen LogP contribution in [0.3, 0.4) is 0 Å². The Morgan fingerprint density at radius 1 is 0.913 bits per heavy atom.